The molecule has 0 unspecified atom stereocenters. The molecule has 0 fully saturated rings. The van der Waals surface area contributed by atoms with E-state index < -0.39 is 5.97 Å². The average Bonchev–Trinajstić information content (AvgIpc) is 1.95. The third-order valence-electron chi connectivity index (χ3n) is 1.49. The van der Waals surface area contributed by atoms with Gasteiger partial charge in [0.15, 0.2) is 9.76 Å². The number of rotatable bonds is 7. The minimum Gasteiger partial charge on any atom is -0.481 e. The van der Waals surface area contributed by atoms with Gasteiger partial charge in [0.05, 0.1) is 0 Å². The van der Waals surface area contributed by atoms with Crippen LogP contribution in [0.5, 0.6) is 0 Å². The number of carbonyl (C=O) groups is 1. The van der Waals surface area contributed by atoms with E-state index in [0.717, 1.165) is 18.9 Å². The van der Waals surface area contributed by atoms with Crippen LogP contribution in [0.1, 0.15) is 33.1 Å². The predicted molar refractivity (Wildman–Crippen MR) is 51.1 cm³/mol. The Labute approximate surface area is 76.1 Å². The van der Waals surface area contributed by atoms with Gasteiger partial charge in [0.1, 0.15) is 0 Å². The van der Waals surface area contributed by atoms with E-state index in [1.54, 1.807) is 0 Å². The first-order valence-electron chi connectivity index (χ1n) is 4.46. The fourth-order valence-electron chi connectivity index (χ4n) is 0.874. The number of aliphatic carboxylic acids is 1. The Kier molecular flexibility index (Phi) is 7.09. The zero-order valence-corrected chi connectivity index (χ0v) is 9.29. The third kappa shape index (κ3) is 9.65. The molecule has 0 heterocycles. The Hall–Kier alpha value is -0.353. The number of hydrogen-bond donors (Lipinski definition) is 1. The SMILES string of the molecule is CC(C)O[SiH2]CCCCC(=O)O. The maximum absolute atomic E-state index is 10.1. The molecular weight excluding hydrogens is 172 g/mol. The van der Waals surface area contributed by atoms with Gasteiger partial charge in [-0.2, -0.15) is 0 Å². The van der Waals surface area contributed by atoms with Gasteiger partial charge in [-0.05, 0) is 26.3 Å². The van der Waals surface area contributed by atoms with Crippen LogP contribution in [0, 0.1) is 0 Å². The zero-order valence-electron chi connectivity index (χ0n) is 7.88. The standard InChI is InChI=1S/C8H18O3Si/c1-7(2)11-12-6-4-3-5-8(9)10/h7H,3-6,12H2,1-2H3,(H,9,10). The van der Waals surface area contributed by atoms with E-state index in [0.29, 0.717) is 12.5 Å². The topological polar surface area (TPSA) is 46.5 Å². The Morgan fingerprint density at radius 3 is 2.67 bits per heavy atom. The third-order valence-corrected chi connectivity index (χ3v) is 3.18. The molecule has 12 heavy (non-hydrogen) atoms. The van der Waals surface area contributed by atoms with E-state index in [4.69, 9.17) is 9.53 Å². The molecule has 0 aromatic heterocycles. The molecular formula is C8H18O3Si. The van der Waals surface area contributed by atoms with E-state index in [2.05, 4.69) is 0 Å². The Balaban J connectivity index is 2.96. The summed E-state index contributed by atoms with van der Waals surface area (Å²) in [6, 6.07) is 1.10. The number of unbranched alkanes of at least 4 members (excludes halogenated alkanes) is 1. The first-order chi connectivity index (χ1) is 5.63. The largest absolute Gasteiger partial charge is 0.481 e. The second kappa shape index (κ2) is 7.30. The van der Waals surface area contributed by atoms with Crippen LogP contribution < -0.4 is 0 Å². The minimum absolute atomic E-state index is 0.302. The van der Waals surface area contributed by atoms with Gasteiger partial charge in [-0.3, -0.25) is 4.79 Å². The van der Waals surface area contributed by atoms with Crippen molar-refractivity contribution in [3.05, 3.63) is 0 Å². The van der Waals surface area contributed by atoms with Crippen LogP contribution in [0.2, 0.25) is 6.04 Å². The van der Waals surface area contributed by atoms with Gasteiger partial charge in [0.2, 0.25) is 0 Å². The van der Waals surface area contributed by atoms with Crippen molar-refractivity contribution in [1.82, 2.24) is 0 Å². The molecule has 0 rings (SSSR count). The summed E-state index contributed by atoms with van der Waals surface area (Å²) in [5.41, 5.74) is 0. The molecule has 1 N–H and O–H groups in total. The smallest absolute Gasteiger partial charge is 0.303 e. The number of carboxylic acids is 1. The Morgan fingerprint density at radius 2 is 2.17 bits per heavy atom. The summed E-state index contributed by atoms with van der Waals surface area (Å²) in [6.45, 7) is 4.06. The highest BCUT2D eigenvalue weighted by Gasteiger charge is 1.97. The van der Waals surface area contributed by atoms with Crippen LogP contribution in [-0.2, 0) is 9.22 Å². The molecule has 0 saturated heterocycles. The fourth-order valence-corrected chi connectivity index (χ4v) is 2.07. The lowest BCUT2D eigenvalue weighted by Crippen LogP contribution is -2.06. The maximum atomic E-state index is 10.1. The molecule has 3 nitrogen and oxygen atoms in total. The lowest BCUT2D eigenvalue weighted by Gasteiger charge is -2.05. The molecule has 0 aromatic carbocycles. The van der Waals surface area contributed by atoms with Gasteiger partial charge in [-0.25, -0.2) is 0 Å². The Morgan fingerprint density at radius 1 is 1.50 bits per heavy atom. The molecule has 0 aliphatic rings. The van der Waals surface area contributed by atoms with E-state index in [1.165, 1.54) is 0 Å². The van der Waals surface area contributed by atoms with Gasteiger partial charge in [0, 0.05) is 12.5 Å². The Bertz CT molecular complexity index is 125. The van der Waals surface area contributed by atoms with Crippen LogP contribution in [0.4, 0.5) is 0 Å². The summed E-state index contributed by atoms with van der Waals surface area (Å²) in [5, 5.41) is 8.34. The number of carboxylic acid groups (broad SMARTS) is 1. The molecule has 4 heteroatoms. The van der Waals surface area contributed by atoms with Crippen LogP contribution in [0.15, 0.2) is 0 Å². The van der Waals surface area contributed by atoms with Crippen molar-refractivity contribution in [2.45, 2.75) is 45.3 Å². The second-order valence-corrected chi connectivity index (χ2v) is 4.57. The summed E-state index contributed by atoms with van der Waals surface area (Å²) in [5.74, 6) is -0.693. The molecule has 0 atom stereocenters. The second-order valence-electron chi connectivity index (χ2n) is 3.12. The summed E-state index contributed by atoms with van der Waals surface area (Å²) in [6.07, 6.45) is 2.45. The van der Waals surface area contributed by atoms with Gasteiger partial charge in [0.25, 0.3) is 0 Å². The molecule has 0 bridgehead atoms. The van der Waals surface area contributed by atoms with Crippen LogP contribution >= 0.6 is 0 Å². The zero-order chi connectivity index (χ0) is 9.40. The van der Waals surface area contributed by atoms with Gasteiger partial charge >= 0.3 is 5.97 Å². The summed E-state index contributed by atoms with van der Waals surface area (Å²) >= 11 is 0. The van der Waals surface area contributed by atoms with Gasteiger partial charge < -0.3 is 9.53 Å². The molecule has 0 spiro atoms. The first-order valence-corrected chi connectivity index (χ1v) is 6.04. The monoisotopic (exact) mass is 190 g/mol. The molecule has 0 radical (unpaired) electrons. The van der Waals surface area contributed by atoms with E-state index in [9.17, 15) is 4.79 Å². The van der Waals surface area contributed by atoms with E-state index >= 15 is 0 Å². The van der Waals surface area contributed by atoms with Crippen molar-refractivity contribution >= 4 is 15.7 Å². The predicted octanol–water partition coefficient (Wildman–Crippen LogP) is 1.17. The molecule has 0 aromatic rings. The maximum Gasteiger partial charge on any atom is 0.303 e. The summed E-state index contributed by atoms with van der Waals surface area (Å²) < 4.78 is 5.44. The lowest BCUT2D eigenvalue weighted by atomic mass is 10.2. The van der Waals surface area contributed by atoms with Gasteiger partial charge in [-0.1, -0.05) is 6.42 Å². The van der Waals surface area contributed by atoms with Crippen molar-refractivity contribution in [2.75, 3.05) is 0 Å². The van der Waals surface area contributed by atoms with Crippen molar-refractivity contribution < 1.29 is 14.3 Å². The van der Waals surface area contributed by atoms with Crippen molar-refractivity contribution in [3.8, 4) is 0 Å². The van der Waals surface area contributed by atoms with E-state index in [1.807, 2.05) is 13.8 Å². The van der Waals surface area contributed by atoms with Gasteiger partial charge in [-0.15, -0.1) is 0 Å². The average molecular weight is 190 g/mol. The normalized spacial score (nSPS) is 11.6. The first kappa shape index (κ1) is 11.6. The lowest BCUT2D eigenvalue weighted by molar-refractivity contribution is -0.137. The highest BCUT2D eigenvalue weighted by atomic mass is 28.2. The van der Waals surface area contributed by atoms with Crippen LogP contribution in [0.25, 0.3) is 0 Å². The quantitative estimate of drug-likeness (QED) is 0.484. The highest BCUT2D eigenvalue weighted by molar-refractivity contribution is 6.27. The van der Waals surface area contributed by atoms with Crippen molar-refractivity contribution in [3.63, 3.8) is 0 Å². The summed E-state index contributed by atoms with van der Waals surface area (Å²) in [7, 11) is -0.374. The van der Waals surface area contributed by atoms with Crippen LogP contribution in [-0.4, -0.2) is 26.9 Å². The minimum atomic E-state index is -0.693. The number of hydrogen-bond acceptors (Lipinski definition) is 2. The van der Waals surface area contributed by atoms with E-state index in [-0.39, 0.29) is 9.76 Å². The molecule has 0 amide bonds. The molecule has 0 aliphatic carbocycles. The summed E-state index contributed by atoms with van der Waals surface area (Å²) in [4.78, 5) is 10.1. The molecule has 72 valence electrons. The fraction of sp³-hybridized carbons (Fsp3) is 0.875. The van der Waals surface area contributed by atoms with Crippen molar-refractivity contribution in [2.24, 2.45) is 0 Å². The van der Waals surface area contributed by atoms with Crippen LogP contribution in [0.3, 0.4) is 0 Å². The molecule has 0 saturated carbocycles. The molecule has 0 aliphatic heterocycles. The van der Waals surface area contributed by atoms with Crippen molar-refractivity contribution in [1.29, 1.82) is 0 Å². The highest BCUT2D eigenvalue weighted by Crippen LogP contribution is 2.00.